The summed E-state index contributed by atoms with van der Waals surface area (Å²) in [5.74, 6) is 3.38. The molecule has 3 aromatic rings. The fourth-order valence-electron chi connectivity index (χ4n) is 2.56. The van der Waals surface area contributed by atoms with E-state index in [0.717, 1.165) is 10.2 Å². The van der Waals surface area contributed by atoms with Crippen molar-refractivity contribution in [2.24, 2.45) is 4.99 Å². The van der Waals surface area contributed by atoms with Gasteiger partial charge >= 0.3 is 0 Å². The number of aromatic nitrogens is 1. The summed E-state index contributed by atoms with van der Waals surface area (Å²) in [4.78, 5) is 17.3. The zero-order valence-electron chi connectivity index (χ0n) is 12.9. The normalized spacial score (nSPS) is 13.2. The summed E-state index contributed by atoms with van der Waals surface area (Å²) >= 11 is 7.41. The Kier molecular flexibility index (Phi) is 3.96. The molecule has 1 aliphatic rings. The third-order valence-corrected chi connectivity index (χ3v) is 4.99. The summed E-state index contributed by atoms with van der Waals surface area (Å²) in [5, 5.41) is 0.621. The van der Waals surface area contributed by atoms with Crippen LogP contribution in [-0.2, 0) is 6.54 Å². The Morgan fingerprint density at radius 1 is 1.28 bits per heavy atom. The monoisotopic (exact) mass is 370 g/mol. The smallest absolute Gasteiger partial charge is 0.279 e. The molecule has 1 aliphatic heterocycles. The number of hydrogen-bond donors (Lipinski definition) is 0. The number of benzene rings is 2. The van der Waals surface area contributed by atoms with Crippen LogP contribution < -0.4 is 14.3 Å². The molecule has 2 aromatic carbocycles. The molecule has 0 radical (unpaired) electrons. The van der Waals surface area contributed by atoms with Crippen LogP contribution in [0.1, 0.15) is 10.4 Å². The van der Waals surface area contributed by atoms with Crippen molar-refractivity contribution in [2.75, 3.05) is 6.79 Å². The number of carbonyl (C=O) groups is 1. The second-order valence-corrected chi connectivity index (χ2v) is 6.72. The number of rotatable bonds is 2. The first kappa shape index (κ1) is 15.8. The Morgan fingerprint density at radius 2 is 2.12 bits per heavy atom. The van der Waals surface area contributed by atoms with Crippen LogP contribution in [0.15, 0.2) is 41.4 Å². The topological polar surface area (TPSA) is 52.8 Å². The second-order valence-electron chi connectivity index (χ2n) is 5.27. The predicted molar refractivity (Wildman–Crippen MR) is 96.1 cm³/mol. The number of hydrogen-bond acceptors (Lipinski definition) is 4. The molecule has 0 aliphatic carbocycles. The van der Waals surface area contributed by atoms with Gasteiger partial charge in [-0.3, -0.25) is 4.79 Å². The maximum absolute atomic E-state index is 12.6. The van der Waals surface area contributed by atoms with Crippen molar-refractivity contribution < 1.29 is 14.3 Å². The molecular weight excluding hydrogens is 360 g/mol. The van der Waals surface area contributed by atoms with Gasteiger partial charge in [-0.1, -0.05) is 28.9 Å². The average Bonchev–Trinajstić information content (AvgIpc) is 3.19. The van der Waals surface area contributed by atoms with Gasteiger partial charge in [0, 0.05) is 10.6 Å². The van der Waals surface area contributed by atoms with Crippen molar-refractivity contribution in [3.8, 4) is 23.8 Å². The van der Waals surface area contributed by atoms with Gasteiger partial charge in [0.2, 0.25) is 6.79 Å². The number of thiazole rings is 1. The van der Waals surface area contributed by atoms with Gasteiger partial charge in [-0.05, 0) is 36.4 Å². The third kappa shape index (κ3) is 2.88. The van der Waals surface area contributed by atoms with Crippen LogP contribution in [-0.4, -0.2) is 17.3 Å². The summed E-state index contributed by atoms with van der Waals surface area (Å²) in [6.45, 7) is 0.470. The molecule has 2 heterocycles. The molecule has 0 unspecified atom stereocenters. The lowest BCUT2D eigenvalue weighted by Gasteiger charge is -2.00. The predicted octanol–water partition coefficient (Wildman–Crippen LogP) is 3.46. The first-order valence-electron chi connectivity index (χ1n) is 7.37. The Bertz CT molecular complexity index is 1110. The first-order chi connectivity index (χ1) is 12.2. The molecule has 0 atom stereocenters. The van der Waals surface area contributed by atoms with Gasteiger partial charge in [0.25, 0.3) is 5.91 Å². The summed E-state index contributed by atoms with van der Waals surface area (Å²) in [6.07, 6.45) is 5.46. The summed E-state index contributed by atoms with van der Waals surface area (Å²) in [5.41, 5.74) is 1.32. The van der Waals surface area contributed by atoms with Crippen LogP contribution in [0, 0.1) is 12.3 Å². The van der Waals surface area contributed by atoms with Gasteiger partial charge in [0.1, 0.15) is 0 Å². The second kappa shape index (κ2) is 6.28. The highest BCUT2D eigenvalue weighted by atomic mass is 35.5. The molecule has 0 fully saturated rings. The molecule has 25 heavy (non-hydrogen) atoms. The number of ether oxygens (including phenoxy) is 2. The molecular formula is C18H11ClN2O3S. The zero-order chi connectivity index (χ0) is 17.4. The van der Waals surface area contributed by atoms with E-state index < -0.39 is 0 Å². The van der Waals surface area contributed by atoms with Crippen LogP contribution >= 0.6 is 22.9 Å². The Labute approximate surface area is 152 Å². The molecule has 0 bridgehead atoms. The zero-order valence-corrected chi connectivity index (χ0v) is 14.4. The highest BCUT2D eigenvalue weighted by molar-refractivity contribution is 7.16. The van der Waals surface area contributed by atoms with Crippen LogP contribution in [0.25, 0.3) is 10.2 Å². The van der Waals surface area contributed by atoms with Crippen molar-refractivity contribution in [3.05, 3.63) is 51.8 Å². The first-order valence-corrected chi connectivity index (χ1v) is 8.56. The number of nitrogens with zero attached hydrogens (tertiary/aromatic N) is 2. The molecule has 0 N–H and O–H groups in total. The van der Waals surface area contributed by atoms with Crippen molar-refractivity contribution in [1.29, 1.82) is 0 Å². The average molecular weight is 371 g/mol. The number of halogens is 1. The van der Waals surface area contributed by atoms with E-state index in [1.54, 1.807) is 24.3 Å². The molecule has 124 valence electrons. The lowest BCUT2D eigenvalue weighted by molar-refractivity contribution is 0.0997. The summed E-state index contributed by atoms with van der Waals surface area (Å²) in [6, 6.07) is 10.5. The molecule has 0 saturated carbocycles. The number of carbonyl (C=O) groups excluding carboxylic acids is 1. The minimum absolute atomic E-state index is 0.156. The van der Waals surface area contributed by atoms with Crippen molar-refractivity contribution >= 4 is 39.1 Å². The Morgan fingerprint density at radius 3 is 2.96 bits per heavy atom. The number of fused-ring (bicyclic) bond motifs is 2. The minimum Gasteiger partial charge on any atom is -0.454 e. The van der Waals surface area contributed by atoms with Crippen LogP contribution in [0.4, 0.5) is 0 Å². The quantitative estimate of drug-likeness (QED) is 0.649. The molecule has 7 heteroatoms. The van der Waals surface area contributed by atoms with Crippen LogP contribution in [0.2, 0.25) is 5.02 Å². The maximum Gasteiger partial charge on any atom is 0.279 e. The Balaban J connectivity index is 1.81. The minimum atomic E-state index is -0.373. The van der Waals surface area contributed by atoms with Gasteiger partial charge in [0.05, 0.1) is 16.8 Å². The fourth-order valence-corrected chi connectivity index (χ4v) is 3.86. The van der Waals surface area contributed by atoms with Gasteiger partial charge < -0.3 is 14.0 Å². The highest BCUT2D eigenvalue weighted by Crippen LogP contribution is 2.32. The lowest BCUT2D eigenvalue weighted by atomic mass is 10.2. The standard InChI is InChI=1S/C18H11ClN2O3S/c1-2-7-21-13-5-4-12(19)9-16(13)25-18(21)20-17(22)11-3-6-14-15(8-11)24-10-23-14/h1,3-6,8-9H,7,10H2. The van der Waals surface area contributed by atoms with Crippen LogP contribution in [0.5, 0.6) is 11.5 Å². The van der Waals surface area contributed by atoms with E-state index in [2.05, 4.69) is 10.9 Å². The van der Waals surface area contributed by atoms with Gasteiger partial charge in [-0.15, -0.1) is 6.42 Å². The molecule has 1 aromatic heterocycles. The van der Waals surface area contributed by atoms with Gasteiger partial charge in [0.15, 0.2) is 16.3 Å². The van der Waals surface area contributed by atoms with Gasteiger partial charge in [-0.25, -0.2) is 0 Å². The SMILES string of the molecule is C#CCn1c(=NC(=O)c2ccc3c(c2)OCO3)sc2cc(Cl)ccc21. The van der Waals surface area contributed by atoms with E-state index in [1.807, 2.05) is 16.7 Å². The highest BCUT2D eigenvalue weighted by Gasteiger charge is 2.16. The number of amides is 1. The van der Waals surface area contributed by atoms with Crippen molar-refractivity contribution in [3.63, 3.8) is 0 Å². The molecule has 1 amide bonds. The van der Waals surface area contributed by atoms with Crippen LogP contribution in [0.3, 0.4) is 0 Å². The third-order valence-electron chi connectivity index (χ3n) is 3.71. The van der Waals surface area contributed by atoms with E-state index in [4.69, 9.17) is 27.5 Å². The molecule has 0 saturated heterocycles. The fraction of sp³-hybridized carbons (Fsp3) is 0.111. The summed E-state index contributed by atoms with van der Waals surface area (Å²) in [7, 11) is 0. The van der Waals surface area contributed by atoms with E-state index in [9.17, 15) is 4.79 Å². The Hall–Kier alpha value is -2.75. The molecule has 0 spiro atoms. The van der Waals surface area contributed by atoms with E-state index >= 15 is 0 Å². The van der Waals surface area contributed by atoms with Gasteiger partial charge in [-0.2, -0.15) is 4.99 Å². The van der Waals surface area contributed by atoms with E-state index in [0.29, 0.717) is 33.4 Å². The maximum atomic E-state index is 12.6. The van der Waals surface area contributed by atoms with Crippen molar-refractivity contribution in [2.45, 2.75) is 6.54 Å². The number of terminal acetylenes is 1. The molecule has 4 rings (SSSR count). The lowest BCUT2D eigenvalue weighted by Crippen LogP contribution is -2.16. The van der Waals surface area contributed by atoms with E-state index in [-0.39, 0.29) is 12.7 Å². The largest absolute Gasteiger partial charge is 0.454 e. The summed E-state index contributed by atoms with van der Waals surface area (Å²) < 4.78 is 13.3. The van der Waals surface area contributed by atoms with Crippen molar-refractivity contribution in [1.82, 2.24) is 4.57 Å². The van der Waals surface area contributed by atoms with E-state index in [1.165, 1.54) is 11.3 Å². The molecule has 5 nitrogen and oxygen atoms in total.